The van der Waals surface area contributed by atoms with Crippen molar-refractivity contribution in [3.05, 3.63) is 113 Å². The highest BCUT2D eigenvalue weighted by Crippen LogP contribution is 2.35. The Bertz CT molecular complexity index is 2060. The van der Waals surface area contributed by atoms with Gasteiger partial charge in [-0.25, -0.2) is 4.99 Å². The van der Waals surface area contributed by atoms with Crippen LogP contribution in [-0.4, -0.2) is 60.2 Å². The quantitative estimate of drug-likeness (QED) is 0.0430. The lowest BCUT2D eigenvalue weighted by Gasteiger charge is -2.26. The molecule has 0 bridgehead atoms. The number of nitrogens with zero attached hydrogens (tertiary/aromatic N) is 1. The Balaban J connectivity index is 0.000000225. The fourth-order valence-corrected chi connectivity index (χ4v) is 12.7. The molecule has 348 valence electrons. The third kappa shape index (κ3) is 18.1. The second-order valence-corrected chi connectivity index (χ2v) is 24.0. The number of hydrogen-bond acceptors (Lipinski definition) is 7. The van der Waals surface area contributed by atoms with E-state index in [0.29, 0.717) is 43.0 Å². The number of halogens is 6. The standard InChI is InChI=1S/C31H40I2N2O4.C15H12I4O.C4H8O/c1-21(38-31(34-23-8-4-2-5-9-23)35-24-10-6-3-7-11-24)16-22-12-14-30(27(32)17-22)39-25-13-15-29(28(33)18-25)37-20-26-19-36-26;1-3-9-4-13(18)15(14(19)5-9)20-10-6-11(16)8(2)12(17)7-10;1-2-4-3-5-4/h12-15,17-18,23-24,26,28-29H,1-11,16,19-20H2,(H,34,35);4-7H,3H2,1-2H3;4H,2-3H2,1H3. The molecule has 4 atom stereocenters. The van der Waals surface area contributed by atoms with E-state index in [9.17, 15) is 0 Å². The molecule has 64 heavy (non-hydrogen) atoms. The maximum Gasteiger partial charge on any atom is 0.290 e. The molecule has 2 aliphatic heterocycles. The van der Waals surface area contributed by atoms with Crippen LogP contribution in [-0.2, 0) is 31.8 Å². The van der Waals surface area contributed by atoms with Crippen LogP contribution in [0.1, 0.15) is 101 Å². The molecule has 5 aliphatic rings. The molecule has 0 amide bonds. The minimum Gasteiger partial charge on any atom is -0.457 e. The Hall–Kier alpha value is 0.0100. The van der Waals surface area contributed by atoms with Crippen molar-refractivity contribution in [1.29, 1.82) is 0 Å². The first-order valence-corrected chi connectivity index (χ1v) is 29.2. The first-order chi connectivity index (χ1) is 30.9. The molecule has 3 aliphatic carbocycles. The number of nitrogens with one attached hydrogen (secondary N) is 1. The zero-order valence-corrected chi connectivity index (χ0v) is 49.9. The van der Waals surface area contributed by atoms with Gasteiger partial charge in [0.2, 0.25) is 0 Å². The van der Waals surface area contributed by atoms with Gasteiger partial charge in [0.05, 0.1) is 52.7 Å². The summed E-state index contributed by atoms with van der Waals surface area (Å²) in [4.78, 5) is 5.02. The summed E-state index contributed by atoms with van der Waals surface area (Å²) in [6, 6.07) is 16.3. The number of rotatable bonds is 14. The lowest BCUT2D eigenvalue weighted by atomic mass is 9.95. The molecule has 0 spiro atoms. The molecule has 8 rings (SSSR count). The highest BCUT2D eigenvalue weighted by Gasteiger charge is 2.27. The van der Waals surface area contributed by atoms with Crippen LogP contribution in [0.5, 0.6) is 17.2 Å². The van der Waals surface area contributed by atoms with Crippen LogP contribution < -0.4 is 14.8 Å². The Morgan fingerprint density at radius 2 is 1.41 bits per heavy atom. The van der Waals surface area contributed by atoms with Crippen LogP contribution >= 0.6 is 136 Å². The number of epoxide rings is 2. The summed E-state index contributed by atoms with van der Waals surface area (Å²) in [5.41, 5.74) is 3.80. The molecule has 14 heteroatoms. The van der Waals surface area contributed by atoms with Gasteiger partial charge in [-0.15, -0.1) is 0 Å². The van der Waals surface area contributed by atoms with Crippen LogP contribution in [0.4, 0.5) is 0 Å². The van der Waals surface area contributed by atoms with Crippen LogP contribution in [0.2, 0.25) is 0 Å². The summed E-state index contributed by atoms with van der Waals surface area (Å²) in [6.07, 6.45) is 22.4. The highest BCUT2D eigenvalue weighted by atomic mass is 127. The van der Waals surface area contributed by atoms with Crippen molar-refractivity contribution in [3.63, 3.8) is 0 Å². The van der Waals surface area contributed by atoms with Gasteiger partial charge in [0.15, 0.2) is 5.75 Å². The molecule has 4 fully saturated rings. The lowest BCUT2D eigenvalue weighted by Crippen LogP contribution is -2.38. The van der Waals surface area contributed by atoms with Crippen LogP contribution in [0.3, 0.4) is 0 Å². The van der Waals surface area contributed by atoms with Gasteiger partial charge in [-0.3, -0.25) is 0 Å². The van der Waals surface area contributed by atoms with E-state index >= 15 is 0 Å². The van der Waals surface area contributed by atoms with E-state index in [2.05, 4.69) is 217 Å². The van der Waals surface area contributed by atoms with E-state index in [-0.39, 0.29) is 16.1 Å². The average molecular weight is 1550 g/mol. The molecule has 2 saturated heterocycles. The topological polar surface area (TPSA) is 86.4 Å². The molecule has 8 nitrogen and oxygen atoms in total. The highest BCUT2D eigenvalue weighted by molar-refractivity contribution is 14.1. The van der Waals surface area contributed by atoms with Crippen molar-refractivity contribution in [2.45, 2.75) is 139 Å². The smallest absolute Gasteiger partial charge is 0.290 e. The fourth-order valence-electron chi connectivity index (χ4n) is 7.37. The van der Waals surface area contributed by atoms with E-state index in [1.807, 2.05) is 12.1 Å². The molecule has 0 aromatic heterocycles. The van der Waals surface area contributed by atoms with Gasteiger partial charge in [-0.1, -0.05) is 93.7 Å². The van der Waals surface area contributed by atoms with Gasteiger partial charge in [0, 0.05) is 19.6 Å². The molecule has 2 heterocycles. The van der Waals surface area contributed by atoms with Crippen LogP contribution in [0, 0.1) is 24.8 Å². The van der Waals surface area contributed by atoms with Gasteiger partial charge in [-0.2, -0.15) is 0 Å². The monoisotopic (exact) mass is 1550 g/mol. The predicted molar refractivity (Wildman–Crippen MR) is 311 cm³/mol. The third-order valence-electron chi connectivity index (χ3n) is 11.4. The summed E-state index contributed by atoms with van der Waals surface area (Å²) in [5.74, 6) is 4.26. The molecular formula is C50H60I6N2O6. The number of ether oxygens (including phenoxy) is 6. The molecule has 3 aromatic rings. The van der Waals surface area contributed by atoms with Gasteiger partial charge < -0.3 is 33.7 Å². The normalized spacial score (nSPS) is 22.0. The zero-order chi connectivity index (χ0) is 45.6. The Morgan fingerprint density at radius 1 is 0.781 bits per heavy atom. The summed E-state index contributed by atoms with van der Waals surface area (Å²) in [7, 11) is 0. The minimum atomic E-state index is 0.0498. The molecule has 4 unspecified atom stereocenters. The van der Waals surface area contributed by atoms with Gasteiger partial charge in [0.1, 0.15) is 29.1 Å². The van der Waals surface area contributed by atoms with Gasteiger partial charge >= 0.3 is 0 Å². The van der Waals surface area contributed by atoms with Crippen molar-refractivity contribution in [2.24, 2.45) is 4.99 Å². The fraction of sp³-hybridized carbons (Fsp3) is 0.500. The Labute approximate surface area is 463 Å². The van der Waals surface area contributed by atoms with Crippen LogP contribution in [0.25, 0.3) is 0 Å². The van der Waals surface area contributed by atoms with Crippen molar-refractivity contribution < 1.29 is 28.4 Å². The second-order valence-electron chi connectivity index (χ2n) is 16.7. The van der Waals surface area contributed by atoms with Crippen LogP contribution in [0.15, 0.2) is 83.8 Å². The van der Waals surface area contributed by atoms with E-state index < -0.39 is 0 Å². The average Bonchev–Trinajstić information content (AvgIpc) is 4.22. The maximum absolute atomic E-state index is 6.28. The van der Waals surface area contributed by atoms with Crippen molar-refractivity contribution in [3.8, 4) is 17.2 Å². The molecule has 1 N–H and O–H groups in total. The largest absolute Gasteiger partial charge is 0.457 e. The molecule has 0 radical (unpaired) electrons. The SMILES string of the molecule is C=C(Cc1ccc(OC2=CC(I)C(OCC3CO3)C=C2)c(I)c1)OC(=NC1CCCCC1)NC1CCCCC1.CCC1CO1.CCc1cc(I)c(Oc2cc(I)c(C)c(I)c2)c(I)c1. The third-order valence-corrected chi connectivity index (χ3v) is 17.2. The van der Waals surface area contributed by atoms with Gasteiger partial charge in [-0.05, 0) is 224 Å². The summed E-state index contributed by atoms with van der Waals surface area (Å²) >= 11 is 14.2. The molecular weight excluding hydrogens is 1490 g/mol. The Kier molecular flexibility index (Phi) is 22.9. The number of benzene rings is 3. The van der Waals surface area contributed by atoms with E-state index in [1.165, 1.54) is 76.1 Å². The van der Waals surface area contributed by atoms with Crippen molar-refractivity contribution in [2.75, 3.05) is 19.8 Å². The Morgan fingerprint density at radius 3 is 1.97 bits per heavy atom. The number of allylic oxidation sites excluding steroid dienone is 2. The number of amidine groups is 1. The van der Waals surface area contributed by atoms with Gasteiger partial charge in [0.25, 0.3) is 6.02 Å². The zero-order valence-electron chi connectivity index (χ0n) is 36.9. The minimum absolute atomic E-state index is 0.0498. The maximum atomic E-state index is 6.28. The summed E-state index contributed by atoms with van der Waals surface area (Å²) in [5, 5.41) is 3.63. The summed E-state index contributed by atoms with van der Waals surface area (Å²) < 4.78 is 40.8. The van der Waals surface area contributed by atoms with Crippen molar-refractivity contribution in [1.82, 2.24) is 5.32 Å². The number of aryl methyl sites for hydroxylation is 1. The number of alkyl halides is 1. The summed E-state index contributed by atoms with van der Waals surface area (Å²) in [6.45, 7) is 13.2. The van der Waals surface area contributed by atoms with Crippen molar-refractivity contribution >= 4 is 142 Å². The molecule has 2 saturated carbocycles. The van der Waals surface area contributed by atoms with E-state index in [4.69, 9.17) is 33.4 Å². The number of hydrogen-bond donors (Lipinski definition) is 1. The first-order valence-electron chi connectivity index (χ1n) is 22.5. The molecule has 3 aromatic carbocycles. The van der Waals surface area contributed by atoms with E-state index in [0.717, 1.165) is 71.8 Å². The predicted octanol–water partition coefficient (Wildman–Crippen LogP) is 15.0. The lowest BCUT2D eigenvalue weighted by molar-refractivity contribution is 0.0775. The second kappa shape index (κ2) is 27.4. The number of aliphatic imine (C=N–C) groups is 1. The first kappa shape index (κ1) is 53.4. The van der Waals surface area contributed by atoms with E-state index in [1.54, 1.807) is 0 Å².